The van der Waals surface area contributed by atoms with Crippen molar-refractivity contribution in [3.05, 3.63) is 47.0 Å². The number of anilines is 2. The van der Waals surface area contributed by atoms with Crippen molar-refractivity contribution < 1.29 is 4.74 Å². The van der Waals surface area contributed by atoms with Gasteiger partial charge in [-0.2, -0.15) is 9.78 Å². The second-order valence-corrected chi connectivity index (χ2v) is 7.28. The van der Waals surface area contributed by atoms with Crippen molar-refractivity contribution in [3.63, 3.8) is 0 Å². The zero-order valence-electron chi connectivity index (χ0n) is 15.0. The van der Waals surface area contributed by atoms with Crippen molar-refractivity contribution >= 4 is 44.8 Å². The average Bonchev–Trinajstić information content (AvgIpc) is 3.23. The molecule has 0 unspecified atom stereocenters. The van der Waals surface area contributed by atoms with Gasteiger partial charge in [-0.25, -0.2) is 15.0 Å². The molecule has 0 aliphatic rings. The highest BCUT2D eigenvalue weighted by molar-refractivity contribution is 7.20. The molecule has 0 saturated carbocycles. The monoisotopic (exact) mass is 400 g/mol. The third-order valence-corrected chi connectivity index (χ3v) is 5.10. The Kier molecular flexibility index (Phi) is 4.67. The fourth-order valence-corrected chi connectivity index (χ4v) is 3.82. The molecule has 9 heteroatoms. The smallest absolute Gasteiger partial charge is 0.213 e. The molecule has 1 N–H and O–H groups in total. The number of hydrogen-bond acceptors (Lipinski definition) is 7. The number of methoxy groups -OCH3 is 1. The van der Waals surface area contributed by atoms with Gasteiger partial charge in [-0.15, -0.1) is 0 Å². The van der Waals surface area contributed by atoms with Crippen LogP contribution in [0.4, 0.5) is 11.6 Å². The van der Waals surface area contributed by atoms with E-state index in [9.17, 15) is 0 Å². The number of aryl methyl sites for hydroxylation is 2. The Morgan fingerprint density at radius 1 is 1.19 bits per heavy atom. The summed E-state index contributed by atoms with van der Waals surface area (Å²) in [6.45, 7) is 3.92. The summed E-state index contributed by atoms with van der Waals surface area (Å²) in [4.78, 5) is 13.4. The van der Waals surface area contributed by atoms with E-state index in [-0.39, 0.29) is 0 Å². The van der Waals surface area contributed by atoms with Crippen LogP contribution in [0.2, 0.25) is 5.15 Å². The van der Waals surface area contributed by atoms with Crippen LogP contribution in [-0.4, -0.2) is 31.8 Å². The van der Waals surface area contributed by atoms with E-state index in [1.165, 1.54) is 11.3 Å². The fraction of sp³-hybridized carbons (Fsp3) is 0.222. The van der Waals surface area contributed by atoms with Crippen molar-refractivity contribution in [3.8, 4) is 10.9 Å². The van der Waals surface area contributed by atoms with Gasteiger partial charge >= 0.3 is 0 Å². The van der Waals surface area contributed by atoms with E-state index >= 15 is 0 Å². The molecule has 7 nitrogen and oxygen atoms in total. The van der Waals surface area contributed by atoms with Crippen LogP contribution in [0, 0.1) is 6.92 Å². The molecule has 27 heavy (non-hydrogen) atoms. The maximum atomic E-state index is 6.10. The highest BCUT2D eigenvalue weighted by Gasteiger charge is 2.14. The predicted octanol–water partition coefficient (Wildman–Crippen LogP) is 4.55. The Labute approximate surface area is 165 Å². The second kappa shape index (κ2) is 7.13. The van der Waals surface area contributed by atoms with Crippen LogP contribution in [0.3, 0.4) is 0 Å². The third kappa shape index (κ3) is 3.58. The SMILES string of the molecule is CCc1nc(Cl)cc(Nc2cc(C)nn2-c2nc3ccc(OC)cc3s2)n1. The van der Waals surface area contributed by atoms with Crippen LogP contribution in [-0.2, 0) is 6.42 Å². The van der Waals surface area contributed by atoms with Gasteiger partial charge in [0.05, 0.1) is 23.0 Å². The number of nitrogens with zero attached hydrogens (tertiary/aromatic N) is 5. The number of aromatic nitrogens is 5. The summed E-state index contributed by atoms with van der Waals surface area (Å²) in [6.07, 6.45) is 0.702. The van der Waals surface area contributed by atoms with Gasteiger partial charge in [-0.05, 0) is 25.1 Å². The van der Waals surface area contributed by atoms with Gasteiger partial charge in [0.25, 0.3) is 0 Å². The fourth-order valence-electron chi connectivity index (χ4n) is 2.66. The molecule has 138 valence electrons. The van der Waals surface area contributed by atoms with Gasteiger partial charge in [0.15, 0.2) is 0 Å². The Morgan fingerprint density at radius 2 is 2.04 bits per heavy atom. The Morgan fingerprint density at radius 3 is 2.81 bits per heavy atom. The summed E-state index contributed by atoms with van der Waals surface area (Å²) < 4.78 is 8.10. The number of rotatable bonds is 5. The number of hydrogen-bond donors (Lipinski definition) is 1. The molecule has 4 aromatic rings. The standard InChI is InChI=1S/C18H17ClN6OS/c1-4-15-21-14(19)9-16(22-15)23-17-7-10(2)24-25(17)18-20-12-6-5-11(26-3)8-13(12)27-18/h5-9H,4H2,1-3H3,(H,21,22,23). The van der Waals surface area contributed by atoms with E-state index in [2.05, 4.69) is 25.4 Å². The second-order valence-electron chi connectivity index (χ2n) is 5.88. The zero-order chi connectivity index (χ0) is 19.0. The van der Waals surface area contributed by atoms with Gasteiger partial charge in [-0.1, -0.05) is 29.9 Å². The molecule has 3 aromatic heterocycles. The van der Waals surface area contributed by atoms with Crippen LogP contribution in [0.25, 0.3) is 15.3 Å². The first-order valence-electron chi connectivity index (χ1n) is 8.38. The minimum atomic E-state index is 0.402. The molecule has 0 amide bonds. The zero-order valence-corrected chi connectivity index (χ0v) is 16.6. The molecule has 4 rings (SSSR count). The number of fused-ring (bicyclic) bond motifs is 1. The summed E-state index contributed by atoms with van der Waals surface area (Å²) in [5, 5.41) is 9.01. The minimum absolute atomic E-state index is 0.402. The summed E-state index contributed by atoms with van der Waals surface area (Å²) in [5.74, 6) is 2.86. The highest BCUT2D eigenvalue weighted by atomic mass is 35.5. The maximum absolute atomic E-state index is 6.10. The highest BCUT2D eigenvalue weighted by Crippen LogP contribution is 2.30. The van der Waals surface area contributed by atoms with Gasteiger partial charge in [0.1, 0.15) is 28.4 Å². The number of thiazole rings is 1. The lowest BCUT2D eigenvalue weighted by Crippen LogP contribution is -2.05. The summed E-state index contributed by atoms with van der Waals surface area (Å²) in [6, 6.07) is 9.44. The van der Waals surface area contributed by atoms with E-state index in [1.54, 1.807) is 17.9 Å². The van der Waals surface area contributed by atoms with Crippen LogP contribution < -0.4 is 10.1 Å². The molecule has 0 fully saturated rings. The summed E-state index contributed by atoms with van der Waals surface area (Å²) >= 11 is 7.64. The van der Waals surface area contributed by atoms with Gasteiger partial charge in [0.2, 0.25) is 5.13 Å². The maximum Gasteiger partial charge on any atom is 0.213 e. The summed E-state index contributed by atoms with van der Waals surface area (Å²) in [7, 11) is 1.65. The van der Waals surface area contributed by atoms with E-state index in [4.69, 9.17) is 16.3 Å². The third-order valence-electron chi connectivity index (χ3n) is 3.91. The van der Waals surface area contributed by atoms with E-state index < -0.39 is 0 Å². The number of halogens is 1. The Balaban J connectivity index is 1.74. The van der Waals surface area contributed by atoms with Crippen LogP contribution >= 0.6 is 22.9 Å². The van der Waals surface area contributed by atoms with E-state index in [0.717, 1.165) is 32.6 Å². The van der Waals surface area contributed by atoms with Crippen molar-refractivity contribution in [2.75, 3.05) is 12.4 Å². The number of ether oxygens (including phenoxy) is 1. The quantitative estimate of drug-likeness (QED) is 0.495. The lowest BCUT2D eigenvalue weighted by molar-refractivity contribution is 0.415. The first kappa shape index (κ1) is 17.7. The molecule has 0 aliphatic carbocycles. The molecule has 0 spiro atoms. The Hall–Kier alpha value is -2.71. The molecule has 3 heterocycles. The normalized spacial score (nSPS) is 11.1. The molecule has 1 aromatic carbocycles. The first-order chi connectivity index (χ1) is 13.1. The molecular weight excluding hydrogens is 384 g/mol. The number of benzene rings is 1. The minimum Gasteiger partial charge on any atom is -0.497 e. The van der Waals surface area contributed by atoms with Crippen LogP contribution in [0.15, 0.2) is 30.3 Å². The Bertz CT molecular complexity index is 1120. The predicted molar refractivity (Wildman–Crippen MR) is 108 cm³/mol. The van der Waals surface area contributed by atoms with Gasteiger partial charge in [0, 0.05) is 18.6 Å². The topological polar surface area (TPSA) is 77.8 Å². The molecule has 0 saturated heterocycles. The van der Waals surface area contributed by atoms with Crippen LogP contribution in [0.1, 0.15) is 18.4 Å². The first-order valence-corrected chi connectivity index (χ1v) is 9.57. The lowest BCUT2D eigenvalue weighted by Gasteiger charge is -2.08. The largest absolute Gasteiger partial charge is 0.497 e. The van der Waals surface area contributed by atoms with Crippen LogP contribution in [0.5, 0.6) is 5.75 Å². The lowest BCUT2D eigenvalue weighted by atomic mass is 10.3. The van der Waals surface area contributed by atoms with E-state index in [0.29, 0.717) is 23.2 Å². The molecule has 0 atom stereocenters. The number of nitrogens with one attached hydrogen (secondary N) is 1. The molecular formula is C18H17ClN6OS. The van der Waals surface area contributed by atoms with Gasteiger partial charge < -0.3 is 10.1 Å². The average molecular weight is 401 g/mol. The van der Waals surface area contributed by atoms with Crippen molar-refractivity contribution in [1.82, 2.24) is 24.7 Å². The molecule has 0 radical (unpaired) electrons. The van der Waals surface area contributed by atoms with Crippen molar-refractivity contribution in [1.29, 1.82) is 0 Å². The van der Waals surface area contributed by atoms with E-state index in [1.807, 2.05) is 38.1 Å². The summed E-state index contributed by atoms with van der Waals surface area (Å²) in [5.41, 5.74) is 1.76. The molecule has 0 aliphatic heterocycles. The van der Waals surface area contributed by atoms with Gasteiger partial charge in [-0.3, -0.25) is 0 Å². The van der Waals surface area contributed by atoms with Crippen molar-refractivity contribution in [2.45, 2.75) is 20.3 Å². The molecule has 0 bridgehead atoms. The van der Waals surface area contributed by atoms with Crippen molar-refractivity contribution in [2.24, 2.45) is 0 Å².